The van der Waals surface area contributed by atoms with Gasteiger partial charge < -0.3 is 9.88 Å². The van der Waals surface area contributed by atoms with E-state index in [9.17, 15) is 22.4 Å². The normalized spacial score (nSPS) is 19.5. The number of imidazole rings is 1. The van der Waals surface area contributed by atoms with Crippen LogP contribution < -0.4 is 0 Å². The molecule has 36 heavy (non-hydrogen) atoms. The van der Waals surface area contributed by atoms with E-state index in [1.165, 1.54) is 23.1 Å². The molecule has 0 aliphatic heterocycles. The molecule has 188 valence electrons. The van der Waals surface area contributed by atoms with Gasteiger partial charge in [-0.25, -0.2) is 9.37 Å². The van der Waals surface area contributed by atoms with E-state index in [1.807, 2.05) is 6.07 Å². The van der Waals surface area contributed by atoms with Gasteiger partial charge in [-0.1, -0.05) is 0 Å². The number of halogens is 4. The first kappa shape index (κ1) is 24.2. The topological polar surface area (TPSA) is 61.9 Å². The molecule has 5 nitrogen and oxygen atoms in total. The minimum absolute atomic E-state index is 0.0395. The highest BCUT2D eigenvalue weighted by atomic mass is 19.4. The number of aromatic amines is 1. The van der Waals surface area contributed by atoms with E-state index in [0.29, 0.717) is 53.2 Å². The van der Waals surface area contributed by atoms with Gasteiger partial charge >= 0.3 is 6.18 Å². The van der Waals surface area contributed by atoms with Crippen molar-refractivity contribution in [3.8, 4) is 0 Å². The maximum atomic E-state index is 14.3. The van der Waals surface area contributed by atoms with Crippen LogP contribution in [0.3, 0.4) is 0 Å². The van der Waals surface area contributed by atoms with Gasteiger partial charge in [0.15, 0.2) is 0 Å². The molecule has 0 radical (unpaired) electrons. The molecule has 1 amide bonds. The molecule has 1 saturated carbocycles. The summed E-state index contributed by atoms with van der Waals surface area (Å²) in [6, 6.07) is 11.0. The zero-order chi connectivity index (χ0) is 25.6. The second-order valence-corrected chi connectivity index (χ2v) is 9.75. The fourth-order valence-corrected chi connectivity index (χ4v) is 5.47. The molecule has 0 spiro atoms. The minimum atomic E-state index is -4.47. The molecule has 1 N–H and O–H groups in total. The maximum absolute atomic E-state index is 14.3. The van der Waals surface area contributed by atoms with E-state index in [-0.39, 0.29) is 23.5 Å². The summed E-state index contributed by atoms with van der Waals surface area (Å²) >= 11 is 0. The molecular weight excluding hydrogens is 472 g/mol. The van der Waals surface area contributed by atoms with E-state index in [0.717, 1.165) is 5.56 Å². The number of H-pyrrole nitrogens is 1. The van der Waals surface area contributed by atoms with Crippen molar-refractivity contribution in [1.82, 2.24) is 19.9 Å². The number of alkyl halides is 3. The number of carbonyl (C=O) groups excluding carboxylic acids is 1. The fraction of sp³-hybridized carbons (Fsp3) is 0.370. The van der Waals surface area contributed by atoms with Gasteiger partial charge in [0.1, 0.15) is 17.6 Å². The molecule has 0 bridgehead atoms. The lowest BCUT2D eigenvalue weighted by Crippen LogP contribution is -2.31. The number of aromatic nitrogens is 3. The molecule has 5 rings (SSSR count). The number of carbonyl (C=O) groups is 1. The van der Waals surface area contributed by atoms with Gasteiger partial charge in [-0.2, -0.15) is 13.2 Å². The van der Waals surface area contributed by atoms with Crippen molar-refractivity contribution in [2.24, 2.45) is 5.92 Å². The van der Waals surface area contributed by atoms with Crippen molar-refractivity contribution >= 4 is 27.8 Å². The third-order valence-corrected chi connectivity index (χ3v) is 7.22. The first-order chi connectivity index (χ1) is 17.1. The Morgan fingerprint density at radius 2 is 1.78 bits per heavy atom. The fourth-order valence-electron chi connectivity index (χ4n) is 5.47. The van der Waals surface area contributed by atoms with Gasteiger partial charge in [-0.05, 0) is 85.5 Å². The molecule has 4 aromatic rings. The van der Waals surface area contributed by atoms with Crippen LogP contribution in [0, 0.1) is 11.7 Å². The van der Waals surface area contributed by atoms with Crippen LogP contribution in [0.2, 0.25) is 0 Å². The zero-order valence-corrected chi connectivity index (χ0v) is 19.9. The SMILES string of the molecule is CN(C)C(=O)c1ccc2[nH]c([C@@H]([C@H]3CC[C@@H](c4ccnc5ccc(F)cc54)CC3)C(F)(F)F)nc2c1. The predicted octanol–water partition coefficient (Wildman–Crippen LogP) is 6.57. The largest absolute Gasteiger partial charge is 0.399 e. The van der Waals surface area contributed by atoms with E-state index in [1.54, 1.807) is 38.5 Å². The van der Waals surface area contributed by atoms with Crippen LogP contribution in [-0.2, 0) is 0 Å². The molecule has 2 heterocycles. The van der Waals surface area contributed by atoms with E-state index in [2.05, 4.69) is 15.0 Å². The predicted molar refractivity (Wildman–Crippen MR) is 129 cm³/mol. The Hall–Kier alpha value is -3.49. The number of fused-ring (bicyclic) bond motifs is 2. The third-order valence-electron chi connectivity index (χ3n) is 7.22. The summed E-state index contributed by atoms with van der Waals surface area (Å²) in [6.45, 7) is 0. The van der Waals surface area contributed by atoms with Crippen LogP contribution in [-0.4, -0.2) is 46.0 Å². The summed E-state index contributed by atoms with van der Waals surface area (Å²) in [5.41, 5.74) is 2.79. The Morgan fingerprint density at radius 1 is 1.03 bits per heavy atom. The molecule has 1 fully saturated rings. The van der Waals surface area contributed by atoms with Crippen LogP contribution in [0.5, 0.6) is 0 Å². The van der Waals surface area contributed by atoms with Gasteiger partial charge in [0.25, 0.3) is 5.91 Å². The van der Waals surface area contributed by atoms with Crippen LogP contribution >= 0.6 is 0 Å². The minimum Gasteiger partial charge on any atom is -0.345 e. The molecule has 9 heteroatoms. The summed E-state index contributed by atoms with van der Waals surface area (Å²) in [6.07, 6.45) is -0.933. The number of rotatable bonds is 4. The van der Waals surface area contributed by atoms with Crippen LogP contribution in [0.25, 0.3) is 21.9 Å². The summed E-state index contributed by atoms with van der Waals surface area (Å²) in [5, 5.41) is 0.716. The van der Waals surface area contributed by atoms with Crippen molar-refractivity contribution in [2.45, 2.75) is 43.7 Å². The average molecular weight is 499 g/mol. The molecule has 2 aromatic carbocycles. The summed E-state index contributed by atoms with van der Waals surface area (Å²) in [7, 11) is 3.23. The molecule has 1 atom stereocenters. The van der Waals surface area contributed by atoms with Gasteiger partial charge in [0.05, 0.1) is 16.6 Å². The Bertz CT molecular complexity index is 1420. The lowest BCUT2D eigenvalue weighted by molar-refractivity contribution is -0.166. The Morgan fingerprint density at radius 3 is 2.47 bits per heavy atom. The Kier molecular flexibility index (Phi) is 6.18. The highest BCUT2D eigenvalue weighted by Gasteiger charge is 2.48. The van der Waals surface area contributed by atoms with Gasteiger partial charge in [0, 0.05) is 31.2 Å². The zero-order valence-electron chi connectivity index (χ0n) is 19.9. The average Bonchev–Trinajstić information content (AvgIpc) is 3.25. The first-order valence-corrected chi connectivity index (χ1v) is 11.9. The van der Waals surface area contributed by atoms with Gasteiger partial charge in [0.2, 0.25) is 0 Å². The highest BCUT2D eigenvalue weighted by Crippen LogP contribution is 2.48. The van der Waals surface area contributed by atoms with Crippen molar-refractivity contribution in [2.75, 3.05) is 14.1 Å². The van der Waals surface area contributed by atoms with E-state index < -0.39 is 18.0 Å². The number of hydrogen-bond acceptors (Lipinski definition) is 3. The highest BCUT2D eigenvalue weighted by molar-refractivity contribution is 5.97. The van der Waals surface area contributed by atoms with Crippen molar-refractivity contribution < 1.29 is 22.4 Å². The third kappa shape index (κ3) is 4.54. The molecule has 2 aromatic heterocycles. The number of pyridine rings is 1. The van der Waals surface area contributed by atoms with Crippen LogP contribution in [0.4, 0.5) is 17.6 Å². The Labute approximate surface area is 205 Å². The smallest absolute Gasteiger partial charge is 0.345 e. The summed E-state index contributed by atoms with van der Waals surface area (Å²) in [4.78, 5) is 25.1. The number of nitrogens with one attached hydrogen (secondary N) is 1. The number of nitrogens with zero attached hydrogens (tertiary/aromatic N) is 3. The molecular formula is C27H26F4N4O. The van der Waals surface area contributed by atoms with Gasteiger partial charge in [-0.3, -0.25) is 9.78 Å². The second kappa shape index (κ2) is 9.19. The summed E-state index contributed by atoms with van der Waals surface area (Å²) < 4.78 is 56.9. The Balaban J connectivity index is 1.41. The second-order valence-electron chi connectivity index (χ2n) is 9.75. The monoisotopic (exact) mass is 498 g/mol. The lowest BCUT2D eigenvalue weighted by Gasteiger charge is -2.34. The first-order valence-electron chi connectivity index (χ1n) is 11.9. The van der Waals surface area contributed by atoms with Gasteiger partial charge in [-0.15, -0.1) is 0 Å². The molecule has 0 saturated heterocycles. The molecule has 1 aliphatic rings. The van der Waals surface area contributed by atoms with Crippen molar-refractivity contribution in [3.05, 3.63) is 71.4 Å². The quantitative estimate of drug-likeness (QED) is 0.324. The standard InChI is InChI=1S/C27H26F4N4O/c1-35(2)26(36)17-7-9-22-23(13-17)34-25(33-22)24(27(29,30)31)16-5-3-15(4-6-16)19-11-12-32-21-10-8-18(28)14-20(19)21/h7-16,24H,3-6H2,1-2H3,(H,33,34)/t15-,16+,24-/m1/s1. The summed E-state index contributed by atoms with van der Waals surface area (Å²) in [5.74, 6) is -3.04. The van der Waals surface area contributed by atoms with Crippen LogP contribution in [0.15, 0.2) is 48.7 Å². The molecule has 0 unspecified atom stereocenters. The number of amides is 1. The maximum Gasteiger partial charge on any atom is 0.399 e. The van der Waals surface area contributed by atoms with Crippen LogP contribution in [0.1, 0.15) is 59.3 Å². The number of benzene rings is 2. The van der Waals surface area contributed by atoms with E-state index in [4.69, 9.17) is 0 Å². The van der Waals surface area contributed by atoms with Crippen molar-refractivity contribution in [3.63, 3.8) is 0 Å². The number of hydrogen-bond donors (Lipinski definition) is 1. The molecule has 1 aliphatic carbocycles. The van der Waals surface area contributed by atoms with Crippen molar-refractivity contribution in [1.29, 1.82) is 0 Å². The lowest BCUT2D eigenvalue weighted by atomic mass is 9.73. The van der Waals surface area contributed by atoms with E-state index >= 15 is 0 Å².